The van der Waals surface area contributed by atoms with Crippen LogP contribution in [0.1, 0.15) is 22.5 Å². The molecule has 29 heavy (non-hydrogen) atoms. The fraction of sp³-hybridized carbons (Fsp3) is 0.190. The Morgan fingerprint density at radius 1 is 1.17 bits per heavy atom. The van der Waals surface area contributed by atoms with Crippen LogP contribution in [-0.4, -0.2) is 23.2 Å². The Bertz CT molecular complexity index is 1160. The maximum absolute atomic E-state index is 12.8. The molecule has 0 spiro atoms. The van der Waals surface area contributed by atoms with E-state index in [9.17, 15) is 13.7 Å². The first kappa shape index (κ1) is 20.8. The van der Waals surface area contributed by atoms with Crippen molar-refractivity contribution < 1.29 is 8.42 Å². The second-order valence-corrected chi connectivity index (χ2v) is 9.36. The molecule has 6 nitrogen and oxygen atoms in total. The highest BCUT2D eigenvalue weighted by molar-refractivity contribution is 7.98. The average molecular weight is 425 g/mol. The Labute approximate surface area is 174 Å². The van der Waals surface area contributed by atoms with Gasteiger partial charge in [-0.05, 0) is 30.7 Å². The van der Waals surface area contributed by atoms with E-state index in [1.165, 1.54) is 11.8 Å². The molecule has 3 aromatic rings. The number of hydrogen-bond donors (Lipinski definition) is 0. The lowest BCUT2D eigenvalue weighted by Crippen LogP contribution is -2.11. The van der Waals surface area contributed by atoms with Crippen molar-refractivity contribution in [3.8, 4) is 6.07 Å². The molecule has 0 aliphatic carbocycles. The van der Waals surface area contributed by atoms with Gasteiger partial charge in [0.25, 0.3) is 0 Å². The highest BCUT2D eigenvalue weighted by atomic mass is 32.2. The Kier molecular flexibility index (Phi) is 6.52. The van der Waals surface area contributed by atoms with Crippen LogP contribution in [0.3, 0.4) is 0 Å². The fourth-order valence-corrected chi connectivity index (χ4v) is 4.98. The summed E-state index contributed by atoms with van der Waals surface area (Å²) in [6.45, 7) is 6.05. The number of nitrogens with zero attached hydrogens (tertiary/aromatic N) is 4. The number of aromatic nitrogens is 3. The molecule has 148 valence electrons. The summed E-state index contributed by atoms with van der Waals surface area (Å²) in [5.74, 6) is 0.650. The minimum atomic E-state index is -3.55. The molecule has 0 bridgehead atoms. The van der Waals surface area contributed by atoms with Crippen molar-refractivity contribution in [1.29, 1.82) is 5.26 Å². The van der Waals surface area contributed by atoms with Crippen molar-refractivity contribution in [3.05, 3.63) is 83.7 Å². The minimum Gasteiger partial charge on any atom is -0.301 e. The van der Waals surface area contributed by atoms with Crippen LogP contribution >= 0.6 is 11.8 Å². The third kappa shape index (κ3) is 4.94. The van der Waals surface area contributed by atoms with Crippen molar-refractivity contribution in [1.82, 2.24) is 14.8 Å². The molecule has 8 heteroatoms. The zero-order chi connectivity index (χ0) is 20.9. The van der Waals surface area contributed by atoms with Gasteiger partial charge >= 0.3 is 0 Å². The molecule has 0 unspecified atom stereocenters. The summed E-state index contributed by atoms with van der Waals surface area (Å²) in [7, 11) is -3.55. The van der Waals surface area contributed by atoms with E-state index in [1.807, 2.05) is 25.1 Å². The van der Waals surface area contributed by atoms with Gasteiger partial charge in [-0.3, -0.25) is 0 Å². The van der Waals surface area contributed by atoms with Crippen molar-refractivity contribution in [2.45, 2.75) is 35.0 Å². The quantitative estimate of drug-likeness (QED) is 0.402. The minimum absolute atomic E-state index is 0.244. The van der Waals surface area contributed by atoms with Gasteiger partial charge in [-0.2, -0.15) is 5.26 Å². The van der Waals surface area contributed by atoms with E-state index < -0.39 is 9.84 Å². The highest BCUT2D eigenvalue weighted by Crippen LogP contribution is 2.25. The maximum Gasteiger partial charge on any atom is 0.191 e. The van der Waals surface area contributed by atoms with Gasteiger partial charge < -0.3 is 4.57 Å². The topological polar surface area (TPSA) is 88.6 Å². The Balaban J connectivity index is 1.84. The standard InChI is InChI=1S/C21H20N4O2S2/c1-3-12-25-20(15-29(26,27)19-10-8-16(2)9-11-19)23-24-21(25)28-14-18-7-5-4-6-17(18)13-22/h3-11H,1,12,14-15H2,2H3. The molecule has 0 radical (unpaired) electrons. The van der Waals surface area contributed by atoms with E-state index in [2.05, 4.69) is 22.8 Å². The molecular weight excluding hydrogens is 404 g/mol. The second kappa shape index (κ2) is 9.07. The molecule has 0 aliphatic rings. The van der Waals surface area contributed by atoms with Gasteiger partial charge in [0.15, 0.2) is 15.0 Å². The summed E-state index contributed by atoms with van der Waals surface area (Å²) in [6, 6.07) is 16.3. The third-order valence-electron chi connectivity index (χ3n) is 4.30. The van der Waals surface area contributed by atoms with E-state index in [4.69, 9.17) is 0 Å². The number of sulfone groups is 1. The van der Waals surface area contributed by atoms with Gasteiger partial charge in [-0.1, -0.05) is 53.7 Å². The first-order valence-corrected chi connectivity index (χ1v) is 11.5. The van der Waals surface area contributed by atoms with Crippen molar-refractivity contribution >= 4 is 21.6 Å². The molecule has 3 rings (SSSR count). The summed E-state index contributed by atoms with van der Waals surface area (Å²) in [5, 5.41) is 18.1. The monoisotopic (exact) mass is 424 g/mol. The average Bonchev–Trinajstić information content (AvgIpc) is 3.08. The number of allylic oxidation sites excluding steroid dienone is 1. The van der Waals surface area contributed by atoms with Crippen LogP contribution in [0.2, 0.25) is 0 Å². The van der Waals surface area contributed by atoms with Crippen LogP contribution in [-0.2, 0) is 27.9 Å². The zero-order valence-electron chi connectivity index (χ0n) is 15.9. The summed E-state index contributed by atoms with van der Waals surface area (Å²) in [6.07, 6.45) is 1.68. The number of nitriles is 1. The predicted octanol–water partition coefficient (Wildman–Crippen LogP) is 3.91. The molecule has 0 N–H and O–H groups in total. The molecule has 0 aliphatic heterocycles. The van der Waals surface area contributed by atoms with Gasteiger partial charge in [0.05, 0.1) is 16.5 Å². The van der Waals surface area contributed by atoms with E-state index in [-0.39, 0.29) is 10.6 Å². The van der Waals surface area contributed by atoms with Gasteiger partial charge in [0.1, 0.15) is 11.6 Å². The van der Waals surface area contributed by atoms with E-state index in [0.717, 1.165) is 11.1 Å². The molecular formula is C21H20N4O2S2. The molecule has 1 aromatic heterocycles. The van der Waals surface area contributed by atoms with Crippen LogP contribution in [0.15, 0.2) is 71.2 Å². The molecule has 1 heterocycles. The zero-order valence-corrected chi connectivity index (χ0v) is 17.6. The summed E-state index contributed by atoms with van der Waals surface area (Å²) in [4.78, 5) is 0.258. The first-order chi connectivity index (χ1) is 13.9. The normalized spacial score (nSPS) is 11.2. The lowest BCUT2D eigenvalue weighted by molar-refractivity contribution is 0.590. The highest BCUT2D eigenvalue weighted by Gasteiger charge is 2.21. The van der Waals surface area contributed by atoms with E-state index in [1.54, 1.807) is 41.0 Å². The fourth-order valence-electron chi connectivity index (χ4n) is 2.74. The van der Waals surface area contributed by atoms with Crippen LogP contribution in [0.25, 0.3) is 0 Å². The summed E-state index contributed by atoms with van der Waals surface area (Å²) in [5.41, 5.74) is 2.49. The number of benzene rings is 2. The molecule has 0 saturated carbocycles. The molecule has 0 amide bonds. The maximum atomic E-state index is 12.8. The first-order valence-electron chi connectivity index (χ1n) is 8.88. The Hall–Kier alpha value is -2.89. The van der Waals surface area contributed by atoms with Crippen molar-refractivity contribution in [2.75, 3.05) is 0 Å². The third-order valence-corrected chi connectivity index (χ3v) is 6.94. The number of thioether (sulfide) groups is 1. The summed E-state index contributed by atoms with van der Waals surface area (Å²) >= 11 is 1.41. The number of aryl methyl sites for hydroxylation is 1. The second-order valence-electron chi connectivity index (χ2n) is 6.43. The Morgan fingerprint density at radius 3 is 2.59 bits per heavy atom. The van der Waals surface area contributed by atoms with Crippen LogP contribution < -0.4 is 0 Å². The molecule has 0 saturated heterocycles. The predicted molar refractivity (Wildman–Crippen MR) is 113 cm³/mol. The summed E-state index contributed by atoms with van der Waals surface area (Å²) < 4.78 is 27.3. The van der Waals surface area contributed by atoms with E-state index in [0.29, 0.717) is 28.8 Å². The van der Waals surface area contributed by atoms with Gasteiger partial charge in [-0.25, -0.2) is 8.42 Å². The number of hydrogen-bond acceptors (Lipinski definition) is 6. The van der Waals surface area contributed by atoms with E-state index >= 15 is 0 Å². The SMILES string of the molecule is C=CCn1c(CS(=O)(=O)c2ccc(C)cc2)nnc1SCc1ccccc1C#N. The van der Waals surface area contributed by atoms with Gasteiger partial charge in [0.2, 0.25) is 0 Å². The lowest BCUT2D eigenvalue weighted by atomic mass is 10.1. The van der Waals surface area contributed by atoms with Gasteiger partial charge in [-0.15, -0.1) is 16.8 Å². The number of rotatable bonds is 8. The molecule has 0 fully saturated rings. The van der Waals surface area contributed by atoms with Gasteiger partial charge in [0, 0.05) is 12.3 Å². The Morgan fingerprint density at radius 2 is 1.90 bits per heavy atom. The smallest absolute Gasteiger partial charge is 0.191 e. The van der Waals surface area contributed by atoms with Crippen LogP contribution in [0.4, 0.5) is 0 Å². The van der Waals surface area contributed by atoms with Crippen LogP contribution in [0.5, 0.6) is 0 Å². The molecule has 2 aromatic carbocycles. The lowest BCUT2D eigenvalue weighted by Gasteiger charge is -2.09. The largest absolute Gasteiger partial charge is 0.301 e. The van der Waals surface area contributed by atoms with Crippen molar-refractivity contribution in [2.24, 2.45) is 0 Å². The van der Waals surface area contributed by atoms with Crippen LogP contribution in [0, 0.1) is 18.3 Å². The molecule has 0 atom stereocenters. The van der Waals surface area contributed by atoms with Crippen molar-refractivity contribution in [3.63, 3.8) is 0 Å².